The van der Waals surface area contributed by atoms with Crippen LogP contribution < -0.4 is 10.6 Å². The summed E-state index contributed by atoms with van der Waals surface area (Å²) in [5.74, 6) is -0.136. The Morgan fingerprint density at radius 1 is 1.08 bits per heavy atom. The summed E-state index contributed by atoms with van der Waals surface area (Å²) in [7, 11) is 0. The highest BCUT2D eigenvalue weighted by Crippen LogP contribution is 2.19. The summed E-state index contributed by atoms with van der Waals surface area (Å²) in [5.41, 5.74) is 3.86. The van der Waals surface area contributed by atoms with Crippen LogP contribution in [0.15, 0.2) is 47.3 Å². The van der Waals surface area contributed by atoms with E-state index in [0.29, 0.717) is 22.8 Å². The predicted molar refractivity (Wildman–Crippen MR) is 100 cm³/mol. The van der Waals surface area contributed by atoms with E-state index in [0.717, 1.165) is 5.56 Å². The second-order valence-electron chi connectivity index (χ2n) is 5.84. The first-order chi connectivity index (χ1) is 12.5. The van der Waals surface area contributed by atoms with Gasteiger partial charge in [0.25, 0.3) is 11.8 Å². The molecule has 0 aliphatic carbocycles. The normalized spacial score (nSPS) is 10.6. The Balaban J connectivity index is 1.74. The molecule has 132 valence electrons. The van der Waals surface area contributed by atoms with Crippen LogP contribution in [0.2, 0.25) is 0 Å². The first-order valence-corrected chi connectivity index (χ1v) is 8.92. The third kappa shape index (κ3) is 4.28. The molecule has 26 heavy (non-hydrogen) atoms. The molecule has 1 aromatic carbocycles. The Bertz CT molecular complexity index is 908. The molecule has 0 spiro atoms. The summed E-state index contributed by atoms with van der Waals surface area (Å²) in [6.45, 7) is 3.82. The van der Waals surface area contributed by atoms with Crippen molar-refractivity contribution in [1.29, 1.82) is 0 Å². The maximum atomic E-state index is 12.1. The monoisotopic (exact) mass is 367 g/mol. The number of carbonyl (C=O) groups is 2. The van der Waals surface area contributed by atoms with Gasteiger partial charge in [-0.25, -0.2) is 4.98 Å². The van der Waals surface area contributed by atoms with Crippen molar-refractivity contribution in [3.63, 3.8) is 0 Å². The fraction of sp³-hybridized carbons (Fsp3) is 0.167. The lowest BCUT2D eigenvalue weighted by molar-refractivity contribution is 0.0942. The van der Waals surface area contributed by atoms with Crippen molar-refractivity contribution in [3.8, 4) is 11.3 Å². The van der Waals surface area contributed by atoms with Gasteiger partial charge in [0, 0.05) is 22.5 Å². The average molecular weight is 367 g/mol. The lowest BCUT2D eigenvalue weighted by Crippen LogP contribution is -2.30. The fourth-order valence-electron chi connectivity index (χ4n) is 2.22. The van der Waals surface area contributed by atoms with E-state index in [1.54, 1.807) is 41.2 Å². The Hall–Kier alpha value is -3.13. The number of amides is 2. The largest absolute Gasteiger partial charge is 0.350 e. The number of aromatic nitrogens is 3. The number of nitrogens with one attached hydrogen (secondary N) is 2. The fourth-order valence-corrected chi connectivity index (χ4v) is 2.76. The third-order valence-electron chi connectivity index (χ3n) is 3.41. The van der Waals surface area contributed by atoms with Crippen molar-refractivity contribution < 1.29 is 9.59 Å². The summed E-state index contributed by atoms with van der Waals surface area (Å²) in [6.07, 6.45) is 0. The van der Waals surface area contributed by atoms with Crippen LogP contribution in [0.4, 0.5) is 5.82 Å². The van der Waals surface area contributed by atoms with E-state index in [1.165, 1.54) is 11.3 Å². The molecule has 0 atom stereocenters. The Kier molecular flexibility index (Phi) is 5.33. The molecule has 2 aromatic heterocycles. The van der Waals surface area contributed by atoms with Crippen molar-refractivity contribution in [1.82, 2.24) is 20.5 Å². The molecule has 0 saturated heterocycles. The van der Waals surface area contributed by atoms with Crippen LogP contribution in [0.5, 0.6) is 0 Å². The van der Waals surface area contributed by atoms with Crippen molar-refractivity contribution in [2.75, 3.05) is 5.32 Å². The van der Waals surface area contributed by atoms with Gasteiger partial charge in [-0.15, -0.1) is 21.5 Å². The van der Waals surface area contributed by atoms with Crippen molar-refractivity contribution in [2.45, 2.75) is 19.9 Å². The minimum Gasteiger partial charge on any atom is -0.350 e. The number of hydrogen-bond acceptors (Lipinski definition) is 6. The van der Waals surface area contributed by atoms with Gasteiger partial charge < -0.3 is 10.6 Å². The number of nitrogens with zero attached hydrogens (tertiary/aromatic N) is 3. The van der Waals surface area contributed by atoms with Crippen LogP contribution in [-0.2, 0) is 0 Å². The van der Waals surface area contributed by atoms with E-state index >= 15 is 0 Å². The molecule has 2 amide bonds. The van der Waals surface area contributed by atoms with Gasteiger partial charge >= 0.3 is 0 Å². The zero-order valence-corrected chi connectivity index (χ0v) is 15.1. The first-order valence-electron chi connectivity index (χ1n) is 7.97. The summed E-state index contributed by atoms with van der Waals surface area (Å²) in [4.78, 5) is 28.0. The van der Waals surface area contributed by atoms with Crippen molar-refractivity contribution >= 4 is 29.0 Å². The molecule has 0 aliphatic rings. The molecular formula is C18H17N5O2S. The molecule has 3 aromatic rings. The maximum absolute atomic E-state index is 12.1. The van der Waals surface area contributed by atoms with Gasteiger partial charge in [0.05, 0.1) is 11.2 Å². The molecule has 2 heterocycles. The number of benzene rings is 1. The number of anilines is 1. The second kappa shape index (κ2) is 7.83. The van der Waals surface area contributed by atoms with Gasteiger partial charge in [0.1, 0.15) is 5.69 Å². The van der Waals surface area contributed by atoms with Crippen LogP contribution in [-0.4, -0.2) is 33.0 Å². The lowest BCUT2D eigenvalue weighted by atomic mass is 10.1. The van der Waals surface area contributed by atoms with Gasteiger partial charge in [-0.05, 0) is 38.1 Å². The number of carbonyl (C=O) groups excluding carboxylic acids is 2. The van der Waals surface area contributed by atoms with Crippen LogP contribution >= 0.6 is 11.3 Å². The highest BCUT2D eigenvalue weighted by Gasteiger charge is 2.11. The highest BCUT2D eigenvalue weighted by atomic mass is 32.1. The Morgan fingerprint density at radius 3 is 2.58 bits per heavy atom. The number of rotatable bonds is 5. The van der Waals surface area contributed by atoms with Gasteiger partial charge in [-0.3, -0.25) is 9.59 Å². The standard InChI is InChI=1S/C18H17N5O2S/c1-11(2)20-17(24)13-5-3-4-12(8-13)14-6-7-16(23-22-14)21-18(25)15-9-26-10-19-15/h3-11H,1-2H3,(H,20,24)(H,21,23,25). The topological polar surface area (TPSA) is 96.9 Å². The van der Waals surface area contributed by atoms with Gasteiger partial charge in [-0.1, -0.05) is 12.1 Å². The lowest BCUT2D eigenvalue weighted by Gasteiger charge is -2.09. The number of thiazole rings is 1. The molecule has 0 fully saturated rings. The quantitative estimate of drug-likeness (QED) is 0.722. The molecule has 2 N–H and O–H groups in total. The summed E-state index contributed by atoms with van der Waals surface area (Å²) in [5, 5.41) is 15.3. The maximum Gasteiger partial charge on any atom is 0.276 e. The predicted octanol–water partition coefficient (Wildman–Crippen LogP) is 2.99. The first kappa shape index (κ1) is 17.7. The van der Waals surface area contributed by atoms with E-state index in [9.17, 15) is 9.59 Å². The molecule has 3 rings (SSSR count). The van der Waals surface area contributed by atoms with Crippen LogP contribution in [0.25, 0.3) is 11.3 Å². The van der Waals surface area contributed by atoms with Gasteiger partial charge in [0.15, 0.2) is 5.82 Å². The summed E-state index contributed by atoms with van der Waals surface area (Å²) in [6, 6.07) is 10.6. The molecule has 7 nitrogen and oxygen atoms in total. The van der Waals surface area contributed by atoms with E-state index in [2.05, 4.69) is 25.8 Å². The average Bonchev–Trinajstić information content (AvgIpc) is 3.17. The molecule has 0 saturated carbocycles. The zero-order chi connectivity index (χ0) is 18.5. The molecule has 0 bridgehead atoms. The van der Waals surface area contributed by atoms with Crippen molar-refractivity contribution in [2.24, 2.45) is 0 Å². The Morgan fingerprint density at radius 2 is 1.92 bits per heavy atom. The minimum atomic E-state index is -0.333. The SMILES string of the molecule is CC(C)NC(=O)c1cccc(-c2ccc(NC(=O)c3cscn3)nn2)c1. The van der Waals surface area contributed by atoms with Crippen molar-refractivity contribution in [3.05, 3.63) is 58.5 Å². The summed E-state index contributed by atoms with van der Waals surface area (Å²) >= 11 is 1.34. The van der Waals surface area contributed by atoms with Crippen LogP contribution in [0.3, 0.4) is 0 Å². The molecule has 8 heteroatoms. The molecule has 0 unspecified atom stereocenters. The van der Waals surface area contributed by atoms with E-state index in [1.807, 2.05) is 19.9 Å². The second-order valence-corrected chi connectivity index (χ2v) is 6.56. The number of hydrogen-bond donors (Lipinski definition) is 2. The summed E-state index contributed by atoms with van der Waals surface area (Å²) < 4.78 is 0. The van der Waals surface area contributed by atoms with E-state index in [4.69, 9.17) is 0 Å². The molecule has 0 radical (unpaired) electrons. The van der Waals surface area contributed by atoms with Crippen LogP contribution in [0.1, 0.15) is 34.7 Å². The van der Waals surface area contributed by atoms with Gasteiger partial charge in [0.2, 0.25) is 0 Å². The van der Waals surface area contributed by atoms with Crippen LogP contribution in [0, 0.1) is 0 Å². The molecule has 0 aliphatic heterocycles. The highest BCUT2D eigenvalue weighted by molar-refractivity contribution is 7.07. The molecular weight excluding hydrogens is 350 g/mol. The minimum absolute atomic E-state index is 0.0616. The third-order valence-corrected chi connectivity index (χ3v) is 4.00. The van der Waals surface area contributed by atoms with E-state index in [-0.39, 0.29) is 17.9 Å². The zero-order valence-electron chi connectivity index (χ0n) is 14.3. The Labute approximate surface area is 154 Å². The smallest absolute Gasteiger partial charge is 0.276 e. The van der Waals surface area contributed by atoms with Gasteiger partial charge in [-0.2, -0.15) is 0 Å². The van der Waals surface area contributed by atoms with E-state index < -0.39 is 0 Å².